The fraction of sp³-hybridized carbons (Fsp3) is 0.125. The van der Waals surface area contributed by atoms with Gasteiger partial charge in [-0.05, 0) is 0 Å². The lowest BCUT2D eigenvalue weighted by molar-refractivity contribution is -0.465. The van der Waals surface area contributed by atoms with Crippen molar-refractivity contribution in [2.75, 3.05) is 6.54 Å². The molecular formula is C8H8N2O. The molecule has 0 aliphatic carbocycles. The number of Topliss-reactive ketones (excluding diaryl/α,β-unsaturated/α-hetero) is 1. The molecule has 3 heteroatoms. The Balaban J connectivity index is 2.77. The number of benzene rings is 1. The largest absolute Gasteiger partial charge is 0.508 e. The summed E-state index contributed by atoms with van der Waals surface area (Å²) in [4.78, 5) is 11.0. The predicted molar refractivity (Wildman–Crippen MR) is 40.0 cm³/mol. The van der Waals surface area contributed by atoms with Gasteiger partial charge in [-0.2, -0.15) is 0 Å². The highest BCUT2D eigenvalue weighted by molar-refractivity contribution is 5.96. The summed E-state index contributed by atoms with van der Waals surface area (Å²) in [6.07, 6.45) is 0. The monoisotopic (exact) mass is 148 g/mol. The Kier molecular flexibility index (Phi) is 2.49. The van der Waals surface area contributed by atoms with Crippen LogP contribution in [0.15, 0.2) is 30.3 Å². The first-order chi connectivity index (χ1) is 5.34. The van der Waals surface area contributed by atoms with Gasteiger partial charge >= 0.3 is 0 Å². The molecular weight excluding hydrogens is 140 g/mol. The van der Waals surface area contributed by atoms with Crippen LogP contribution in [0.4, 0.5) is 0 Å². The van der Waals surface area contributed by atoms with Gasteiger partial charge in [0.15, 0.2) is 6.54 Å². The maximum atomic E-state index is 11.0. The van der Waals surface area contributed by atoms with Gasteiger partial charge in [0, 0.05) is 5.56 Å². The fourth-order valence-electron chi connectivity index (χ4n) is 0.798. The number of nitrogens with one attached hydrogen (secondary N) is 1. The van der Waals surface area contributed by atoms with Crippen molar-refractivity contribution in [2.45, 2.75) is 0 Å². The summed E-state index contributed by atoms with van der Waals surface area (Å²) in [5, 5.41) is 1.82. The Hall–Kier alpha value is -1.51. The molecule has 1 aromatic carbocycles. The van der Waals surface area contributed by atoms with E-state index in [9.17, 15) is 4.79 Å². The second-order valence-electron chi connectivity index (χ2n) is 2.12. The van der Waals surface area contributed by atoms with Crippen LogP contribution in [0.25, 0.3) is 5.53 Å². The van der Waals surface area contributed by atoms with Gasteiger partial charge in [-0.1, -0.05) is 30.3 Å². The van der Waals surface area contributed by atoms with E-state index in [1.165, 1.54) is 0 Å². The van der Waals surface area contributed by atoms with E-state index in [-0.39, 0.29) is 12.3 Å². The molecule has 1 aromatic rings. The minimum atomic E-state index is -0.117. The van der Waals surface area contributed by atoms with Crippen molar-refractivity contribution in [3.05, 3.63) is 41.4 Å². The van der Waals surface area contributed by atoms with Gasteiger partial charge in [0.25, 0.3) is 0 Å². The normalized spacial score (nSPS) is 9.09. The minimum absolute atomic E-state index is 0.0377. The molecule has 0 atom stereocenters. The Morgan fingerprint density at radius 1 is 1.36 bits per heavy atom. The number of hydrogen-bond acceptors (Lipinski definition) is 1. The summed E-state index contributed by atoms with van der Waals surface area (Å²) >= 11 is 0. The first kappa shape index (κ1) is 7.60. The van der Waals surface area contributed by atoms with Crippen molar-refractivity contribution in [1.82, 2.24) is 0 Å². The second kappa shape index (κ2) is 3.61. The Bertz CT molecular complexity index is 256. The van der Waals surface area contributed by atoms with Crippen LogP contribution in [-0.2, 0) is 0 Å². The van der Waals surface area contributed by atoms with Crippen LogP contribution in [0.5, 0.6) is 0 Å². The van der Waals surface area contributed by atoms with E-state index in [1.807, 2.05) is 11.2 Å². The highest BCUT2D eigenvalue weighted by Gasteiger charge is 2.03. The van der Waals surface area contributed by atoms with Gasteiger partial charge in [0.1, 0.15) is 0 Å². The number of ketones is 1. The van der Waals surface area contributed by atoms with E-state index in [0.29, 0.717) is 5.56 Å². The number of hydrogen-bond donors (Lipinski definition) is 1. The highest BCUT2D eigenvalue weighted by Crippen LogP contribution is 1.97. The number of nitrogens with zero attached hydrogens (tertiary/aromatic N) is 1. The molecule has 3 nitrogen and oxygen atoms in total. The zero-order chi connectivity index (χ0) is 8.10. The van der Waals surface area contributed by atoms with Crippen molar-refractivity contribution < 1.29 is 9.91 Å². The summed E-state index contributed by atoms with van der Waals surface area (Å²) in [6.45, 7) is -0.0377. The van der Waals surface area contributed by atoms with E-state index in [2.05, 4.69) is 0 Å². The third kappa shape index (κ3) is 1.97. The average Bonchev–Trinajstić information content (AvgIpc) is 2.07. The molecule has 11 heavy (non-hydrogen) atoms. The molecule has 0 unspecified atom stereocenters. The highest BCUT2D eigenvalue weighted by atomic mass is 16.1. The molecule has 0 fully saturated rings. The zero-order valence-electron chi connectivity index (χ0n) is 5.95. The van der Waals surface area contributed by atoms with Gasteiger partial charge in [-0.25, -0.2) is 0 Å². The minimum Gasteiger partial charge on any atom is -0.508 e. The first-order valence-corrected chi connectivity index (χ1v) is 3.30. The topological polar surface area (TPSA) is 53.3 Å². The van der Waals surface area contributed by atoms with Crippen molar-refractivity contribution in [2.24, 2.45) is 0 Å². The standard InChI is InChI=1S/C8H8N2O/c9-10-6-8(11)7-4-2-1-3-5-7/h1-5,10H,6H2. The van der Waals surface area contributed by atoms with E-state index < -0.39 is 0 Å². The number of rotatable bonds is 3. The van der Waals surface area contributed by atoms with Crippen LogP contribution < -0.4 is 5.11 Å². The van der Waals surface area contributed by atoms with Gasteiger partial charge in [0.2, 0.25) is 5.78 Å². The quantitative estimate of drug-likeness (QED) is 0.475. The van der Waals surface area contributed by atoms with Gasteiger partial charge < -0.3 is 10.6 Å². The van der Waals surface area contributed by atoms with E-state index >= 15 is 0 Å². The van der Waals surface area contributed by atoms with Crippen molar-refractivity contribution in [1.29, 1.82) is 0 Å². The Morgan fingerprint density at radius 2 is 2.00 bits per heavy atom. The summed E-state index contributed by atoms with van der Waals surface area (Å²) in [5.74, 6) is -0.117. The SMILES string of the molecule is [N-]=[NH+]CC(=O)c1ccccc1. The molecule has 0 spiro atoms. The van der Waals surface area contributed by atoms with E-state index in [0.717, 1.165) is 0 Å². The predicted octanol–water partition coefficient (Wildman–Crippen LogP) is -0.0285. The Morgan fingerprint density at radius 3 is 2.55 bits per heavy atom. The number of carbonyl (C=O) groups is 1. The van der Waals surface area contributed by atoms with E-state index in [1.54, 1.807) is 24.3 Å². The third-order valence-electron chi connectivity index (χ3n) is 1.34. The third-order valence-corrected chi connectivity index (χ3v) is 1.34. The maximum absolute atomic E-state index is 11.0. The Labute approximate surface area is 64.6 Å². The van der Waals surface area contributed by atoms with Crippen molar-refractivity contribution >= 4 is 5.78 Å². The molecule has 0 radical (unpaired) electrons. The van der Waals surface area contributed by atoms with Gasteiger partial charge in [0.05, 0.1) is 0 Å². The fourth-order valence-corrected chi connectivity index (χ4v) is 0.798. The smallest absolute Gasteiger partial charge is 0.226 e. The van der Waals surface area contributed by atoms with E-state index in [4.69, 9.17) is 5.53 Å². The molecule has 0 aliphatic rings. The average molecular weight is 148 g/mol. The van der Waals surface area contributed by atoms with Crippen LogP contribution >= 0.6 is 0 Å². The lowest BCUT2D eigenvalue weighted by Crippen LogP contribution is -2.65. The maximum Gasteiger partial charge on any atom is 0.226 e. The van der Waals surface area contributed by atoms with Crippen LogP contribution in [0, 0.1) is 0 Å². The molecule has 1 N–H and O–H groups in total. The summed E-state index contributed by atoms with van der Waals surface area (Å²) in [7, 11) is 0. The molecule has 0 aliphatic heterocycles. The van der Waals surface area contributed by atoms with Crippen LogP contribution in [0.1, 0.15) is 10.4 Å². The second-order valence-corrected chi connectivity index (χ2v) is 2.12. The molecule has 0 saturated heterocycles. The summed E-state index contributed by atoms with van der Waals surface area (Å²) < 4.78 is 0. The van der Waals surface area contributed by atoms with Crippen molar-refractivity contribution in [3.63, 3.8) is 0 Å². The molecule has 0 amide bonds. The summed E-state index contributed by atoms with van der Waals surface area (Å²) in [5.41, 5.74) is 8.83. The molecule has 1 rings (SSSR count). The molecule has 56 valence electrons. The van der Waals surface area contributed by atoms with Crippen LogP contribution in [0.3, 0.4) is 0 Å². The molecule has 0 aromatic heterocycles. The molecule has 0 bridgehead atoms. The summed E-state index contributed by atoms with van der Waals surface area (Å²) in [6, 6.07) is 8.82. The van der Waals surface area contributed by atoms with Gasteiger partial charge in [-0.3, -0.25) is 4.79 Å². The van der Waals surface area contributed by atoms with Gasteiger partial charge in [-0.15, -0.1) is 0 Å². The van der Waals surface area contributed by atoms with Crippen molar-refractivity contribution in [3.8, 4) is 0 Å². The number of carbonyl (C=O) groups excluding carboxylic acids is 1. The van der Waals surface area contributed by atoms with Crippen LogP contribution in [-0.4, -0.2) is 12.3 Å². The lowest BCUT2D eigenvalue weighted by atomic mass is 10.1. The zero-order valence-corrected chi connectivity index (χ0v) is 5.95. The first-order valence-electron chi connectivity index (χ1n) is 3.30. The molecule has 0 heterocycles. The molecule has 0 saturated carbocycles. The van der Waals surface area contributed by atoms with Crippen LogP contribution in [0.2, 0.25) is 0 Å². The lowest BCUT2D eigenvalue weighted by Gasteiger charge is -1.92.